The van der Waals surface area contributed by atoms with Crippen LogP contribution < -0.4 is 5.32 Å². The van der Waals surface area contributed by atoms with E-state index < -0.39 is 0 Å². The molecule has 1 aromatic carbocycles. The van der Waals surface area contributed by atoms with Crippen molar-refractivity contribution >= 4 is 11.6 Å². The third-order valence-electron chi connectivity index (χ3n) is 3.16. The summed E-state index contributed by atoms with van der Waals surface area (Å²) in [5.41, 5.74) is 2.77. The van der Waals surface area contributed by atoms with Gasteiger partial charge in [0.05, 0.1) is 0 Å². The second-order valence-electron chi connectivity index (χ2n) is 4.14. The molecule has 0 aliphatic carbocycles. The minimum absolute atomic E-state index is 0.592. The Kier molecular flexibility index (Phi) is 2.80. The monoisotopic (exact) mass is 209 g/mol. The maximum absolute atomic E-state index is 5.94. The van der Waals surface area contributed by atoms with Gasteiger partial charge in [0.15, 0.2) is 0 Å². The summed E-state index contributed by atoms with van der Waals surface area (Å²) in [4.78, 5) is 0. The molecule has 0 spiro atoms. The van der Waals surface area contributed by atoms with Crippen LogP contribution in [0.1, 0.15) is 30.4 Å². The first kappa shape index (κ1) is 10.0. The van der Waals surface area contributed by atoms with Crippen LogP contribution in [-0.4, -0.2) is 12.6 Å². The number of benzene rings is 1. The van der Waals surface area contributed by atoms with E-state index in [0.29, 0.717) is 12.0 Å². The summed E-state index contributed by atoms with van der Waals surface area (Å²) in [5.74, 6) is 0.660. The molecule has 1 N–H and O–H groups in total. The van der Waals surface area contributed by atoms with Crippen molar-refractivity contribution in [2.24, 2.45) is 0 Å². The lowest BCUT2D eigenvalue weighted by Gasteiger charge is -2.17. The van der Waals surface area contributed by atoms with Crippen molar-refractivity contribution in [2.45, 2.75) is 32.2 Å². The number of hydrogen-bond acceptors (Lipinski definition) is 1. The number of nitrogens with one attached hydrogen (secondary N) is 1. The zero-order chi connectivity index (χ0) is 10.1. The number of halogens is 1. The summed E-state index contributed by atoms with van der Waals surface area (Å²) in [5, 5.41) is 4.31. The standard InChI is InChI=1S/C12H16ClN/c1-8-7-10(13)3-4-11(8)12-5-6-14-9(12)2/h3-4,7,9,12,14H,5-6H2,1-2H3. The number of hydrogen-bond donors (Lipinski definition) is 1. The van der Waals surface area contributed by atoms with E-state index in [1.807, 2.05) is 6.07 Å². The molecule has 2 atom stereocenters. The second-order valence-corrected chi connectivity index (χ2v) is 4.58. The normalized spacial score (nSPS) is 26.8. The van der Waals surface area contributed by atoms with Crippen molar-refractivity contribution in [1.82, 2.24) is 5.32 Å². The molecular formula is C12H16ClN. The van der Waals surface area contributed by atoms with Crippen LogP contribution in [0.5, 0.6) is 0 Å². The topological polar surface area (TPSA) is 12.0 Å². The molecule has 1 saturated heterocycles. The van der Waals surface area contributed by atoms with Crippen molar-refractivity contribution in [3.63, 3.8) is 0 Å². The SMILES string of the molecule is Cc1cc(Cl)ccc1C1CCNC1C. The van der Waals surface area contributed by atoms with E-state index >= 15 is 0 Å². The summed E-state index contributed by atoms with van der Waals surface area (Å²) in [7, 11) is 0. The van der Waals surface area contributed by atoms with Gasteiger partial charge in [-0.05, 0) is 50.1 Å². The number of aryl methyl sites for hydroxylation is 1. The van der Waals surface area contributed by atoms with Crippen molar-refractivity contribution in [2.75, 3.05) is 6.54 Å². The van der Waals surface area contributed by atoms with Gasteiger partial charge in [0.1, 0.15) is 0 Å². The molecule has 2 rings (SSSR count). The van der Waals surface area contributed by atoms with Gasteiger partial charge in [-0.3, -0.25) is 0 Å². The molecule has 1 heterocycles. The highest BCUT2D eigenvalue weighted by Crippen LogP contribution is 2.30. The smallest absolute Gasteiger partial charge is 0.0408 e. The molecule has 1 aliphatic heterocycles. The molecule has 1 fully saturated rings. The molecule has 76 valence electrons. The first-order valence-electron chi connectivity index (χ1n) is 5.18. The van der Waals surface area contributed by atoms with E-state index in [0.717, 1.165) is 11.6 Å². The zero-order valence-corrected chi connectivity index (χ0v) is 9.43. The molecule has 0 radical (unpaired) electrons. The highest BCUT2D eigenvalue weighted by Gasteiger charge is 2.25. The Morgan fingerprint density at radius 2 is 2.21 bits per heavy atom. The average Bonchev–Trinajstić information content (AvgIpc) is 2.52. The van der Waals surface area contributed by atoms with Crippen molar-refractivity contribution in [3.8, 4) is 0 Å². The summed E-state index contributed by atoms with van der Waals surface area (Å²) in [6, 6.07) is 6.82. The molecule has 14 heavy (non-hydrogen) atoms. The third kappa shape index (κ3) is 1.79. The van der Waals surface area contributed by atoms with Crippen LogP contribution in [0.15, 0.2) is 18.2 Å². The molecule has 1 aromatic rings. The Morgan fingerprint density at radius 3 is 2.79 bits per heavy atom. The maximum atomic E-state index is 5.94. The average molecular weight is 210 g/mol. The lowest BCUT2D eigenvalue weighted by molar-refractivity contribution is 0.592. The molecule has 0 bridgehead atoms. The second kappa shape index (κ2) is 3.92. The highest BCUT2D eigenvalue weighted by molar-refractivity contribution is 6.30. The predicted octanol–water partition coefficient (Wildman–Crippen LogP) is 3.11. The lowest BCUT2D eigenvalue weighted by Crippen LogP contribution is -2.21. The van der Waals surface area contributed by atoms with Crippen LogP contribution in [0.3, 0.4) is 0 Å². The molecule has 0 saturated carbocycles. The summed E-state index contributed by atoms with van der Waals surface area (Å²) in [6.07, 6.45) is 1.24. The Morgan fingerprint density at radius 1 is 1.43 bits per heavy atom. The van der Waals surface area contributed by atoms with Gasteiger partial charge in [-0.2, -0.15) is 0 Å². The van der Waals surface area contributed by atoms with Crippen LogP contribution in [-0.2, 0) is 0 Å². The molecule has 0 aromatic heterocycles. The van der Waals surface area contributed by atoms with Gasteiger partial charge in [-0.1, -0.05) is 17.7 Å². The Balaban J connectivity index is 2.31. The Hall–Kier alpha value is -0.530. The predicted molar refractivity (Wildman–Crippen MR) is 61.0 cm³/mol. The highest BCUT2D eigenvalue weighted by atomic mass is 35.5. The fourth-order valence-electron chi connectivity index (χ4n) is 2.34. The Bertz CT molecular complexity index is 335. The van der Waals surface area contributed by atoms with Crippen LogP contribution in [0.2, 0.25) is 5.02 Å². The van der Waals surface area contributed by atoms with Crippen LogP contribution in [0.4, 0.5) is 0 Å². The van der Waals surface area contributed by atoms with E-state index in [1.54, 1.807) is 0 Å². The lowest BCUT2D eigenvalue weighted by atomic mass is 9.90. The van der Waals surface area contributed by atoms with E-state index in [1.165, 1.54) is 17.5 Å². The maximum Gasteiger partial charge on any atom is 0.0408 e. The summed E-state index contributed by atoms with van der Waals surface area (Å²) in [6.45, 7) is 5.53. The largest absolute Gasteiger partial charge is 0.314 e. The van der Waals surface area contributed by atoms with Crippen LogP contribution >= 0.6 is 11.6 Å². The summed E-state index contributed by atoms with van der Waals surface area (Å²) < 4.78 is 0. The van der Waals surface area contributed by atoms with E-state index in [4.69, 9.17) is 11.6 Å². The molecule has 2 heteroatoms. The Labute approximate surface area is 90.5 Å². The van der Waals surface area contributed by atoms with Crippen LogP contribution in [0, 0.1) is 6.92 Å². The third-order valence-corrected chi connectivity index (χ3v) is 3.39. The van der Waals surface area contributed by atoms with Gasteiger partial charge in [0.2, 0.25) is 0 Å². The summed E-state index contributed by atoms with van der Waals surface area (Å²) >= 11 is 5.94. The van der Waals surface area contributed by atoms with E-state index in [9.17, 15) is 0 Å². The minimum Gasteiger partial charge on any atom is -0.314 e. The van der Waals surface area contributed by atoms with Gasteiger partial charge in [0.25, 0.3) is 0 Å². The zero-order valence-electron chi connectivity index (χ0n) is 8.68. The number of rotatable bonds is 1. The van der Waals surface area contributed by atoms with Gasteiger partial charge in [-0.25, -0.2) is 0 Å². The van der Waals surface area contributed by atoms with Crippen molar-refractivity contribution in [3.05, 3.63) is 34.3 Å². The molecule has 1 nitrogen and oxygen atoms in total. The molecular weight excluding hydrogens is 194 g/mol. The minimum atomic E-state index is 0.592. The first-order chi connectivity index (χ1) is 6.68. The molecule has 1 aliphatic rings. The van der Waals surface area contributed by atoms with Gasteiger partial charge < -0.3 is 5.32 Å². The molecule has 2 unspecified atom stereocenters. The van der Waals surface area contributed by atoms with Crippen molar-refractivity contribution in [1.29, 1.82) is 0 Å². The van der Waals surface area contributed by atoms with Crippen LogP contribution in [0.25, 0.3) is 0 Å². The van der Waals surface area contributed by atoms with Gasteiger partial charge >= 0.3 is 0 Å². The van der Waals surface area contributed by atoms with Crippen molar-refractivity contribution < 1.29 is 0 Å². The fraction of sp³-hybridized carbons (Fsp3) is 0.500. The van der Waals surface area contributed by atoms with E-state index in [-0.39, 0.29) is 0 Å². The van der Waals surface area contributed by atoms with Gasteiger partial charge in [0, 0.05) is 17.0 Å². The first-order valence-corrected chi connectivity index (χ1v) is 5.55. The fourth-order valence-corrected chi connectivity index (χ4v) is 2.57. The molecule has 0 amide bonds. The van der Waals surface area contributed by atoms with E-state index in [2.05, 4.69) is 31.3 Å². The van der Waals surface area contributed by atoms with Gasteiger partial charge in [-0.15, -0.1) is 0 Å². The quantitative estimate of drug-likeness (QED) is 0.750.